The van der Waals surface area contributed by atoms with Gasteiger partial charge in [-0.1, -0.05) is 230 Å². The van der Waals surface area contributed by atoms with Crippen LogP contribution in [0.1, 0.15) is 6.92 Å². The molecule has 0 aliphatic heterocycles. The number of thioether (sulfide) groups is 2. The minimum absolute atomic E-state index is 0.00871. The van der Waals surface area contributed by atoms with Crippen LogP contribution in [0.5, 0.6) is 0 Å². The Morgan fingerprint density at radius 1 is 0.484 bits per heavy atom. The molecule has 0 amide bonds. The van der Waals surface area contributed by atoms with Gasteiger partial charge in [-0.2, -0.15) is 0 Å². The molecule has 15 rings (SSSR count). The summed E-state index contributed by atoms with van der Waals surface area (Å²) >= 11 is 8.53. The van der Waals surface area contributed by atoms with Crippen molar-refractivity contribution >= 4 is 134 Å². The lowest BCUT2D eigenvalue weighted by molar-refractivity contribution is -0.140. The van der Waals surface area contributed by atoms with Crippen LogP contribution in [0.15, 0.2) is 277 Å². The summed E-state index contributed by atoms with van der Waals surface area (Å²) in [7, 11) is 9.86. The van der Waals surface area contributed by atoms with Crippen molar-refractivity contribution in [3.8, 4) is 45.0 Å². The van der Waals surface area contributed by atoms with Gasteiger partial charge in [-0.05, 0) is 111 Å². The first-order valence-corrected chi connectivity index (χ1v) is 34.2. The number of hydrogen-bond donors (Lipinski definition) is 2. The highest BCUT2D eigenvalue weighted by atomic mass is 127. The highest BCUT2D eigenvalue weighted by Crippen LogP contribution is 2.37. The number of esters is 1. The van der Waals surface area contributed by atoms with Crippen LogP contribution >= 0.6 is 62.0 Å². The van der Waals surface area contributed by atoms with Gasteiger partial charge in [0.05, 0.1) is 72.4 Å². The number of ether oxygens (including phenoxy) is 1. The van der Waals surface area contributed by atoms with Crippen molar-refractivity contribution in [1.82, 2.24) is 42.8 Å². The van der Waals surface area contributed by atoms with E-state index >= 15 is 0 Å². The standard InChI is InChI=1S/C18H18N2O2S.C16H14N2O2S.C14H11BrN2.C14H12N2.C10H7I.C5H8N2/c1-3-22-16(21)11-23-18-17(20(2)12-19-18)15-10-6-8-13-7-4-5-9-14(13)15;1-18-10-17-16(21-9-14(19)20)15(18)13-8-4-6-11-5-2-3-7-12(11)13;1-17-9-16-14(15)13(17)12-8-4-6-10-5-2-3-7-11(10)12;1-16-10-15-9-14(16)13-8-4-6-11-5-2-3-7-12(11)13;11-10-7-3-5-8-4-1-2-6-9(8)10;1-7-3-2-5(6)4-7/h4-10,12H,3,11H2,1-2H3;2-8,10H,9H2,1H3,(H,19,20);2-9H,1H3;2-10H,1H3;1-7H;2-4H,6H2,1H3. The zero-order valence-corrected chi connectivity index (χ0v) is 58.7. The van der Waals surface area contributed by atoms with Crippen LogP contribution in [-0.4, -0.2) is 77.9 Å². The molecule has 15 aromatic rings. The number of nitrogens with two attached hydrogens (primary N) is 1. The maximum atomic E-state index is 11.6. The van der Waals surface area contributed by atoms with Crippen LogP contribution in [0.4, 0.5) is 5.69 Å². The molecule has 5 heterocycles. The molecule has 0 aliphatic carbocycles. The molecule has 0 aliphatic rings. The lowest BCUT2D eigenvalue weighted by Crippen LogP contribution is -2.06. The summed E-state index contributed by atoms with van der Waals surface area (Å²) in [6.45, 7) is 2.21. The minimum Gasteiger partial charge on any atom is -0.481 e. The normalized spacial score (nSPS) is 10.7. The molecule has 18 heteroatoms. The monoisotopic (exact) mass is 1470 g/mol. The molecule has 10 aromatic carbocycles. The fraction of sp³-hybridized carbons (Fsp3) is 0.117. The van der Waals surface area contributed by atoms with Crippen molar-refractivity contribution in [2.75, 3.05) is 23.8 Å². The second kappa shape index (κ2) is 32.9. The van der Waals surface area contributed by atoms with Gasteiger partial charge in [0, 0.05) is 79.1 Å². The molecule has 0 bridgehead atoms. The number of carboxylic acid groups (broad SMARTS) is 1. The number of imidazole rings is 4. The number of nitrogens with zero attached hydrogens (tertiary/aromatic N) is 9. The summed E-state index contributed by atoms with van der Waals surface area (Å²) in [4.78, 5) is 39.6. The maximum Gasteiger partial charge on any atom is 0.316 e. The van der Waals surface area contributed by atoms with Crippen molar-refractivity contribution in [3.63, 3.8) is 0 Å². The number of aryl methyl sites for hydroxylation is 5. The molecule has 14 nitrogen and oxygen atoms in total. The van der Waals surface area contributed by atoms with Crippen molar-refractivity contribution in [1.29, 1.82) is 0 Å². The molecule has 0 spiro atoms. The van der Waals surface area contributed by atoms with Crippen molar-refractivity contribution in [2.45, 2.75) is 17.0 Å². The fourth-order valence-electron chi connectivity index (χ4n) is 10.9. The number of carbonyl (C=O) groups is 2. The average molecular weight is 1470 g/mol. The van der Waals surface area contributed by atoms with Gasteiger partial charge in [-0.15, -0.1) is 0 Å². The van der Waals surface area contributed by atoms with E-state index in [1.807, 2.05) is 145 Å². The van der Waals surface area contributed by atoms with Crippen LogP contribution in [-0.2, 0) is 49.6 Å². The van der Waals surface area contributed by atoms with E-state index in [2.05, 4.69) is 228 Å². The second-order valence-corrected chi connectivity index (χ2v) is 25.7. The van der Waals surface area contributed by atoms with Gasteiger partial charge < -0.3 is 38.4 Å². The Morgan fingerprint density at radius 2 is 0.874 bits per heavy atom. The van der Waals surface area contributed by atoms with Gasteiger partial charge in [-0.3, -0.25) is 9.59 Å². The number of anilines is 1. The van der Waals surface area contributed by atoms with Gasteiger partial charge in [0.25, 0.3) is 0 Å². The summed E-state index contributed by atoms with van der Waals surface area (Å²) in [6, 6.07) is 74.9. The van der Waals surface area contributed by atoms with E-state index in [0.29, 0.717) is 6.61 Å². The Kier molecular flexibility index (Phi) is 23.6. The van der Waals surface area contributed by atoms with E-state index in [4.69, 9.17) is 15.6 Å². The zero-order chi connectivity index (χ0) is 66.8. The minimum atomic E-state index is -0.838. The first-order valence-electron chi connectivity index (χ1n) is 30.4. The second-order valence-electron chi connectivity index (χ2n) is 21.9. The number of hydrogen-bond acceptors (Lipinski definition) is 10. The highest BCUT2D eigenvalue weighted by Gasteiger charge is 2.18. The molecule has 0 radical (unpaired) electrons. The highest BCUT2D eigenvalue weighted by molar-refractivity contribution is 14.1. The predicted molar refractivity (Wildman–Crippen MR) is 405 cm³/mol. The van der Waals surface area contributed by atoms with Crippen molar-refractivity contribution < 1.29 is 19.4 Å². The number of rotatable bonds is 11. The molecule has 0 saturated carbocycles. The first kappa shape index (κ1) is 68.1. The summed E-state index contributed by atoms with van der Waals surface area (Å²) in [5.41, 5.74) is 15.1. The lowest BCUT2D eigenvalue weighted by atomic mass is 10.0. The Hall–Kier alpha value is -9.73. The van der Waals surface area contributed by atoms with E-state index in [0.717, 1.165) is 65.0 Å². The number of aromatic nitrogens is 9. The van der Waals surface area contributed by atoms with Gasteiger partial charge in [0.1, 0.15) is 14.7 Å². The van der Waals surface area contributed by atoms with E-state index in [1.54, 1.807) is 12.7 Å². The first-order chi connectivity index (χ1) is 46.2. The fourth-order valence-corrected chi connectivity index (χ4v) is 13.8. The third-order valence-electron chi connectivity index (χ3n) is 15.3. The number of carbonyl (C=O) groups excluding carboxylic acids is 1. The van der Waals surface area contributed by atoms with Crippen molar-refractivity contribution in [3.05, 3.63) is 270 Å². The number of nitrogen functional groups attached to an aromatic ring is 1. The predicted octanol–water partition coefficient (Wildman–Crippen LogP) is 18.6. The van der Waals surface area contributed by atoms with E-state index in [9.17, 15) is 9.59 Å². The Labute approximate surface area is 582 Å². The largest absolute Gasteiger partial charge is 0.481 e. The Balaban J connectivity index is 0.000000128. The SMILES string of the molecule is CCOC(=O)CSc1ncn(C)c1-c1cccc2ccccc12.Cn1ccc(N)c1.Cn1cnc(Br)c1-c1cccc2ccccc12.Cn1cnc(SCC(=O)O)c1-c1cccc2ccccc12.Cn1cncc1-c1cccc2ccccc12.Ic1cccc2ccccc12. The van der Waals surface area contributed by atoms with E-state index in [1.165, 1.54) is 81.3 Å². The Morgan fingerprint density at radius 3 is 1.26 bits per heavy atom. The molecule has 0 saturated heterocycles. The van der Waals surface area contributed by atoms with Gasteiger partial charge in [0.2, 0.25) is 0 Å². The lowest BCUT2D eigenvalue weighted by Gasteiger charge is -2.09. The Bertz CT molecular complexity index is 5030. The summed E-state index contributed by atoms with van der Waals surface area (Å²) < 4.78 is 17.1. The molecular formula is C77H70BrIN10O4S2. The van der Waals surface area contributed by atoms with Crippen molar-refractivity contribution in [2.24, 2.45) is 35.2 Å². The van der Waals surface area contributed by atoms with Crippen LogP contribution < -0.4 is 5.73 Å². The molecular weight excluding hydrogens is 1400 g/mol. The van der Waals surface area contributed by atoms with Crippen LogP contribution in [0.3, 0.4) is 0 Å². The molecule has 0 unspecified atom stereocenters. The number of carboxylic acids is 1. The number of benzene rings is 10. The average Bonchev–Trinajstić information content (AvgIpc) is 1.80. The van der Waals surface area contributed by atoms with Gasteiger partial charge in [0.15, 0.2) is 0 Å². The smallest absolute Gasteiger partial charge is 0.316 e. The number of aliphatic carboxylic acids is 1. The number of halogens is 2. The zero-order valence-electron chi connectivity index (χ0n) is 53.3. The van der Waals surface area contributed by atoms with Gasteiger partial charge >= 0.3 is 11.9 Å². The summed E-state index contributed by atoms with van der Waals surface area (Å²) in [6.07, 6.45) is 12.8. The maximum absolute atomic E-state index is 11.6. The summed E-state index contributed by atoms with van der Waals surface area (Å²) in [5.74, 6) is -0.779. The van der Waals surface area contributed by atoms with Gasteiger partial charge in [-0.25, -0.2) is 19.9 Å². The molecule has 0 fully saturated rings. The van der Waals surface area contributed by atoms with Crippen LogP contribution in [0, 0.1) is 3.57 Å². The topological polar surface area (TPSA) is 166 Å². The molecule has 0 atom stereocenters. The molecule has 478 valence electrons. The summed E-state index contributed by atoms with van der Waals surface area (Å²) in [5, 5.41) is 22.8. The third-order valence-corrected chi connectivity index (χ3v) is 18.7. The molecule has 3 N–H and O–H groups in total. The molecule has 95 heavy (non-hydrogen) atoms. The quantitative estimate of drug-likeness (QED) is 0.0719. The molecule has 5 aromatic heterocycles. The third kappa shape index (κ3) is 17.2. The van der Waals surface area contributed by atoms with E-state index in [-0.39, 0.29) is 17.5 Å². The van der Waals surface area contributed by atoms with Crippen LogP contribution in [0.2, 0.25) is 0 Å². The van der Waals surface area contributed by atoms with E-state index < -0.39 is 5.97 Å². The van der Waals surface area contributed by atoms with Crippen LogP contribution in [0.25, 0.3) is 98.9 Å². The number of fused-ring (bicyclic) bond motifs is 5.